The van der Waals surface area contributed by atoms with Crippen LogP contribution in [0.4, 0.5) is 0 Å². The third-order valence-electron chi connectivity index (χ3n) is 8.44. The molecule has 0 aliphatic heterocycles. The number of sulfone groups is 1. The van der Waals surface area contributed by atoms with Crippen molar-refractivity contribution in [1.29, 1.82) is 0 Å². The van der Waals surface area contributed by atoms with E-state index in [1.807, 2.05) is 37.3 Å². The highest BCUT2D eigenvalue weighted by Crippen LogP contribution is 2.45. The van der Waals surface area contributed by atoms with Gasteiger partial charge in [0.1, 0.15) is 0 Å². The molecule has 0 saturated heterocycles. The molecular weight excluding hydrogens is 532 g/mol. The smallest absolute Gasteiger partial charge is 0.207 e. The average molecular weight is 571 g/mol. The Labute approximate surface area is 250 Å². The third-order valence-corrected chi connectivity index (χ3v) is 10.3. The summed E-state index contributed by atoms with van der Waals surface area (Å²) in [6, 6.07) is 34.8. The highest BCUT2D eigenvalue weighted by Gasteiger charge is 2.28. The number of hydrogen-bond donors (Lipinski definition) is 0. The van der Waals surface area contributed by atoms with Crippen LogP contribution in [0.2, 0.25) is 0 Å². The van der Waals surface area contributed by atoms with Gasteiger partial charge in [0.05, 0.1) is 9.79 Å². The zero-order valence-electron chi connectivity index (χ0n) is 25.5. The van der Waals surface area contributed by atoms with E-state index in [1.54, 1.807) is 12.1 Å². The van der Waals surface area contributed by atoms with Gasteiger partial charge in [0.2, 0.25) is 9.84 Å². The number of rotatable bonds is 3. The molecule has 0 N–H and O–H groups in total. The highest BCUT2D eigenvalue weighted by atomic mass is 32.2. The van der Waals surface area contributed by atoms with Crippen LogP contribution in [0.15, 0.2) is 113 Å². The standard InChI is InChI=1S/C39H38O2S/c1-25-12-19-31(20-13-25)42(40,41)37-32-21-18-30(39(5,6)7)24-34(32)36(26-14-16-29(17-15-26)38(2,3)4)33-22-27-10-8-9-11-28(27)23-35(33)37/h8-24H,1-7H3. The molecule has 0 aliphatic carbocycles. The fourth-order valence-corrected chi connectivity index (χ4v) is 7.57. The number of benzene rings is 6. The van der Waals surface area contributed by atoms with Gasteiger partial charge in [0.25, 0.3) is 0 Å². The highest BCUT2D eigenvalue weighted by molar-refractivity contribution is 7.92. The first-order valence-corrected chi connectivity index (χ1v) is 16.1. The second-order valence-corrected chi connectivity index (χ2v) is 15.5. The van der Waals surface area contributed by atoms with Crippen LogP contribution in [0.5, 0.6) is 0 Å². The Hall–Kier alpha value is -3.95. The van der Waals surface area contributed by atoms with Crippen molar-refractivity contribution in [1.82, 2.24) is 0 Å². The molecule has 6 aromatic rings. The molecule has 0 aromatic heterocycles. The molecule has 42 heavy (non-hydrogen) atoms. The van der Waals surface area contributed by atoms with Gasteiger partial charge in [-0.25, -0.2) is 8.42 Å². The lowest BCUT2D eigenvalue weighted by Crippen LogP contribution is -2.12. The fourth-order valence-electron chi connectivity index (χ4n) is 5.91. The SMILES string of the molecule is Cc1ccc(S(=O)(=O)c2c3ccc(C(C)(C)C)cc3c(-c3ccc(C(C)(C)C)cc3)c3cc4ccccc4cc23)cc1. The molecule has 6 rings (SSSR count). The maximum Gasteiger partial charge on any atom is 0.207 e. The molecule has 0 heterocycles. The first-order chi connectivity index (χ1) is 19.7. The van der Waals surface area contributed by atoms with Gasteiger partial charge < -0.3 is 0 Å². The minimum absolute atomic E-state index is 0.0320. The lowest BCUT2D eigenvalue weighted by Gasteiger charge is -2.24. The summed E-state index contributed by atoms with van der Waals surface area (Å²) in [6.07, 6.45) is 0. The third kappa shape index (κ3) is 4.80. The van der Waals surface area contributed by atoms with Gasteiger partial charge in [-0.2, -0.15) is 0 Å². The van der Waals surface area contributed by atoms with E-state index in [1.165, 1.54) is 11.1 Å². The topological polar surface area (TPSA) is 34.1 Å². The van der Waals surface area contributed by atoms with Gasteiger partial charge >= 0.3 is 0 Å². The predicted octanol–water partition coefficient (Wildman–Crippen LogP) is 10.5. The van der Waals surface area contributed by atoms with Crippen molar-refractivity contribution in [3.63, 3.8) is 0 Å². The molecule has 0 aliphatic rings. The molecule has 0 bridgehead atoms. The van der Waals surface area contributed by atoms with Crippen LogP contribution in [-0.2, 0) is 20.7 Å². The Kier molecular flexibility index (Phi) is 6.58. The molecule has 0 spiro atoms. The Bertz CT molecular complexity index is 2090. The predicted molar refractivity (Wildman–Crippen MR) is 178 cm³/mol. The van der Waals surface area contributed by atoms with Gasteiger partial charge in [0.15, 0.2) is 0 Å². The lowest BCUT2D eigenvalue weighted by molar-refractivity contribution is 0.590. The van der Waals surface area contributed by atoms with Crippen molar-refractivity contribution in [2.45, 2.75) is 69.1 Å². The van der Waals surface area contributed by atoms with E-state index in [2.05, 4.69) is 102 Å². The largest absolute Gasteiger partial charge is 0.218 e. The van der Waals surface area contributed by atoms with Crippen LogP contribution in [0.1, 0.15) is 58.2 Å². The van der Waals surface area contributed by atoms with E-state index in [0.29, 0.717) is 9.79 Å². The summed E-state index contributed by atoms with van der Waals surface area (Å²) in [7, 11) is -3.85. The van der Waals surface area contributed by atoms with Crippen molar-refractivity contribution in [2.75, 3.05) is 0 Å². The van der Waals surface area contributed by atoms with Crippen LogP contribution in [0.3, 0.4) is 0 Å². The Morgan fingerprint density at radius 3 is 1.62 bits per heavy atom. The maximum absolute atomic E-state index is 14.6. The molecule has 0 unspecified atom stereocenters. The lowest BCUT2D eigenvalue weighted by atomic mass is 9.82. The van der Waals surface area contributed by atoms with Gasteiger partial charge in [-0.3, -0.25) is 0 Å². The molecule has 0 saturated carbocycles. The first kappa shape index (κ1) is 28.2. The van der Waals surface area contributed by atoms with Crippen LogP contribution >= 0.6 is 0 Å². The number of aryl methyl sites for hydroxylation is 1. The summed E-state index contributed by atoms with van der Waals surface area (Å²) in [5, 5.41) is 5.51. The van der Waals surface area contributed by atoms with E-state index in [4.69, 9.17) is 0 Å². The van der Waals surface area contributed by atoms with Crippen molar-refractivity contribution >= 4 is 42.2 Å². The zero-order chi connectivity index (χ0) is 30.0. The van der Waals surface area contributed by atoms with Gasteiger partial charge in [-0.15, -0.1) is 0 Å². The minimum Gasteiger partial charge on any atom is -0.218 e. The van der Waals surface area contributed by atoms with Crippen molar-refractivity contribution in [3.05, 3.63) is 120 Å². The maximum atomic E-state index is 14.6. The Morgan fingerprint density at radius 2 is 1.05 bits per heavy atom. The Balaban J connectivity index is 1.83. The first-order valence-electron chi connectivity index (χ1n) is 14.6. The summed E-state index contributed by atoms with van der Waals surface area (Å²) in [5.74, 6) is 0. The normalized spacial score (nSPS) is 12.8. The van der Waals surface area contributed by atoms with Gasteiger partial charge in [0, 0.05) is 10.8 Å². The monoisotopic (exact) mass is 570 g/mol. The fraction of sp³-hybridized carbons (Fsp3) is 0.231. The van der Waals surface area contributed by atoms with Crippen LogP contribution in [0, 0.1) is 6.92 Å². The van der Waals surface area contributed by atoms with E-state index in [-0.39, 0.29) is 10.8 Å². The summed E-state index contributed by atoms with van der Waals surface area (Å²) < 4.78 is 29.2. The van der Waals surface area contributed by atoms with E-state index < -0.39 is 9.84 Å². The van der Waals surface area contributed by atoms with Crippen LogP contribution in [-0.4, -0.2) is 8.42 Å². The van der Waals surface area contributed by atoms with Crippen LogP contribution < -0.4 is 0 Å². The molecule has 0 fully saturated rings. The minimum atomic E-state index is -3.85. The Morgan fingerprint density at radius 1 is 0.524 bits per heavy atom. The quantitative estimate of drug-likeness (QED) is 0.198. The van der Waals surface area contributed by atoms with Crippen molar-refractivity contribution < 1.29 is 8.42 Å². The summed E-state index contributed by atoms with van der Waals surface area (Å²) >= 11 is 0. The molecule has 0 amide bonds. The summed E-state index contributed by atoms with van der Waals surface area (Å²) in [5.41, 5.74) is 5.54. The second-order valence-electron chi connectivity index (χ2n) is 13.6. The van der Waals surface area contributed by atoms with Crippen molar-refractivity contribution in [2.24, 2.45) is 0 Å². The van der Waals surface area contributed by atoms with Gasteiger partial charge in [-0.05, 0) is 91.9 Å². The molecule has 212 valence electrons. The molecule has 0 atom stereocenters. The molecule has 2 nitrogen and oxygen atoms in total. The van der Waals surface area contributed by atoms with Gasteiger partial charge in [-0.1, -0.05) is 120 Å². The zero-order valence-corrected chi connectivity index (χ0v) is 26.4. The summed E-state index contributed by atoms with van der Waals surface area (Å²) in [4.78, 5) is 0.684. The summed E-state index contributed by atoms with van der Waals surface area (Å²) in [6.45, 7) is 15.2. The molecule has 3 heteroatoms. The van der Waals surface area contributed by atoms with E-state index in [0.717, 1.165) is 49.0 Å². The molecule has 6 aromatic carbocycles. The molecular formula is C39H38O2S. The van der Waals surface area contributed by atoms with Crippen LogP contribution in [0.25, 0.3) is 43.4 Å². The van der Waals surface area contributed by atoms with Crippen molar-refractivity contribution in [3.8, 4) is 11.1 Å². The number of fused-ring (bicyclic) bond motifs is 3. The average Bonchev–Trinajstić information content (AvgIpc) is 2.93. The second kappa shape index (κ2) is 9.81. The van der Waals surface area contributed by atoms with E-state index >= 15 is 0 Å². The molecule has 0 radical (unpaired) electrons. The van der Waals surface area contributed by atoms with E-state index in [9.17, 15) is 8.42 Å². The number of hydrogen-bond acceptors (Lipinski definition) is 2.